The normalized spacial score (nSPS) is 21.4. The van der Waals surface area contributed by atoms with Crippen LogP contribution in [-0.4, -0.2) is 53.0 Å². The summed E-state index contributed by atoms with van der Waals surface area (Å²) >= 11 is 0. The lowest BCUT2D eigenvalue weighted by molar-refractivity contribution is -0.137. The minimum absolute atomic E-state index is 0.0453. The maximum absolute atomic E-state index is 12.7. The number of carbonyl (C=O) groups is 1. The first-order valence-electron chi connectivity index (χ1n) is 9.06. The molecule has 130 valence electrons. The van der Waals surface area contributed by atoms with E-state index in [0.717, 1.165) is 56.9 Å². The number of hydrogen-bond donors (Lipinski definition) is 1. The molecule has 4 heteroatoms. The van der Waals surface area contributed by atoms with Gasteiger partial charge >= 0.3 is 0 Å². The van der Waals surface area contributed by atoms with Crippen molar-refractivity contribution in [2.75, 3.05) is 26.2 Å². The van der Waals surface area contributed by atoms with Crippen molar-refractivity contribution in [1.82, 2.24) is 9.80 Å². The van der Waals surface area contributed by atoms with Gasteiger partial charge in [0.2, 0.25) is 5.91 Å². The van der Waals surface area contributed by atoms with Crippen LogP contribution in [0.2, 0.25) is 0 Å². The van der Waals surface area contributed by atoms with Gasteiger partial charge in [-0.1, -0.05) is 25.1 Å². The molecule has 1 atom stereocenters. The van der Waals surface area contributed by atoms with Crippen molar-refractivity contribution in [3.8, 4) is 5.75 Å². The molecular formula is C20H28N2O2. The third-order valence-electron chi connectivity index (χ3n) is 5.48. The van der Waals surface area contributed by atoms with E-state index in [-0.39, 0.29) is 11.9 Å². The highest BCUT2D eigenvalue weighted by Gasteiger charge is 2.29. The third-order valence-corrected chi connectivity index (χ3v) is 5.48. The van der Waals surface area contributed by atoms with Gasteiger partial charge in [-0.15, -0.1) is 0 Å². The van der Waals surface area contributed by atoms with E-state index in [9.17, 15) is 9.90 Å². The van der Waals surface area contributed by atoms with Crippen molar-refractivity contribution in [3.05, 3.63) is 35.9 Å². The van der Waals surface area contributed by atoms with Gasteiger partial charge in [0.15, 0.2) is 0 Å². The van der Waals surface area contributed by atoms with Gasteiger partial charge in [-0.2, -0.15) is 0 Å². The van der Waals surface area contributed by atoms with Crippen LogP contribution in [0.3, 0.4) is 0 Å². The summed E-state index contributed by atoms with van der Waals surface area (Å²) in [5.41, 5.74) is 2.47. The fourth-order valence-corrected chi connectivity index (χ4v) is 3.62. The largest absolute Gasteiger partial charge is 0.508 e. The smallest absolute Gasteiger partial charge is 0.239 e. The highest BCUT2D eigenvalue weighted by atomic mass is 16.3. The molecule has 2 aliphatic rings. The van der Waals surface area contributed by atoms with Gasteiger partial charge in [-0.25, -0.2) is 0 Å². The van der Waals surface area contributed by atoms with E-state index < -0.39 is 0 Å². The lowest BCUT2D eigenvalue weighted by Crippen LogP contribution is -2.50. The summed E-state index contributed by atoms with van der Waals surface area (Å²) in [7, 11) is 0. The van der Waals surface area contributed by atoms with E-state index >= 15 is 0 Å². The van der Waals surface area contributed by atoms with Crippen LogP contribution in [0.4, 0.5) is 0 Å². The van der Waals surface area contributed by atoms with Crippen molar-refractivity contribution in [3.63, 3.8) is 0 Å². The van der Waals surface area contributed by atoms with Crippen LogP contribution in [0, 0.1) is 5.92 Å². The number of phenols is 1. The monoisotopic (exact) mass is 328 g/mol. The summed E-state index contributed by atoms with van der Waals surface area (Å²) in [4.78, 5) is 17.0. The predicted molar refractivity (Wildman–Crippen MR) is 96.7 cm³/mol. The van der Waals surface area contributed by atoms with Gasteiger partial charge in [0.1, 0.15) is 5.75 Å². The second kappa shape index (κ2) is 7.39. The molecule has 2 heterocycles. The number of rotatable bonds is 3. The number of phenolic OH excluding ortho intramolecular Hbond substituents is 1. The molecule has 1 amide bonds. The molecule has 1 saturated heterocycles. The Labute approximate surface area is 144 Å². The molecule has 0 spiro atoms. The van der Waals surface area contributed by atoms with Crippen molar-refractivity contribution >= 4 is 11.5 Å². The van der Waals surface area contributed by atoms with Crippen LogP contribution in [0.5, 0.6) is 5.75 Å². The quantitative estimate of drug-likeness (QED) is 0.927. The SMILES string of the molecule is CC1CCN(C(=O)C(C)N2CC=C(c3ccc(O)cc3)CC2)CC1. The molecule has 0 bridgehead atoms. The first-order chi connectivity index (χ1) is 11.5. The number of benzene rings is 1. The van der Waals surface area contributed by atoms with Crippen LogP contribution in [-0.2, 0) is 4.79 Å². The van der Waals surface area contributed by atoms with Gasteiger partial charge in [-0.05, 0) is 55.4 Å². The minimum atomic E-state index is -0.0453. The summed E-state index contributed by atoms with van der Waals surface area (Å²) in [6.07, 6.45) is 5.42. The number of carbonyl (C=O) groups excluding carboxylic acids is 1. The lowest BCUT2D eigenvalue weighted by Gasteiger charge is -2.37. The molecule has 1 aromatic rings. The Kier molecular flexibility index (Phi) is 5.24. The first-order valence-corrected chi connectivity index (χ1v) is 9.06. The van der Waals surface area contributed by atoms with Gasteiger partial charge in [0.25, 0.3) is 0 Å². The molecule has 1 unspecified atom stereocenters. The maximum Gasteiger partial charge on any atom is 0.239 e. The van der Waals surface area contributed by atoms with E-state index in [2.05, 4.69) is 17.9 Å². The summed E-state index contributed by atoms with van der Waals surface area (Å²) in [5.74, 6) is 1.32. The molecule has 0 radical (unpaired) electrons. The number of amides is 1. The molecule has 1 N–H and O–H groups in total. The fraction of sp³-hybridized carbons (Fsp3) is 0.550. The molecular weight excluding hydrogens is 300 g/mol. The molecule has 0 saturated carbocycles. The van der Waals surface area contributed by atoms with Crippen LogP contribution >= 0.6 is 0 Å². The van der Waals surface area contributed by atoms with E-state index in [1.165, 1.54) is 5.57 Å². The number of hydrogen-bond acceptors (Lipinski definition) is 3. The number of nitrogens with zero attached hydrogens (tertiary/aromatic N) is 2. The Hall–Kier alpha value is -1.81. The molecule has 1 aromatic carbocycles. The van der Waals surface area contributed by atoms with Gasteiger partial charge in [0, 0.05) is 26.2 Å². The molecule has 0 aliphatic carbocycles. The van der Waals surface area contributed by atoms with Gasteiger partial charge in [-0.3, -0.25) is 9.69 Å². The minimum Gasteiger partial charge on any atom is -0.508 e. The second-order valence-corrected chi connectivity index (χ2v) is 7.20. The van der Waals surface area contributed by atoms with E-state index in [1.54, 1.807) is 12.1 Å². The highest BCUT2D eigenvalue weighted by molar-refractivity contribution is 5.81. The molecule has 3 rings (SSSR count). The van der Waals surface area contributed by atoms with Crippen LogP contribution in [0.15, 0.2) is 30.3 Å². The third kappa shape index (κ3) is 3.81. The van der Waals surface area contributed by atoms with E-state index in [0.29, 0.717) is 5.75 Å². The van der Waals surface area contributed by atoms with Crippen molar-refractivity contribution in [2.45, 2.75) is 39.2 Å². The highest BCUT2D eigenvalue weighted by Crippen LogP contribution is 2.25. The summed E-state index contributed by atoms with van der Waals surface area (Å²) in [6.45, 7) is 7.85. The predicted octanol–water partition coefficient (Wildman–Crippen LogP) is 3.13. The lowest BCUT2D eigenvalue weighted by atomic mass is 9.97. The van der Waals surface area contributed by atoms with Crippen LogP contribution in [0.25, 0.3) is 5.57 Å². The average Bonchev–Trinajstić information content (AvgIpc) is 2.62. The van der Waals surface area contributed by atoms with Crippen molar-refractivity contribution < 1.29 is 9.90 Å². The zero-order valence-corrected chi connectivity index (χ0v) is 14.7. The number of piperidine rings is 1. The molecule has 4 nitrogen and oxygen atoms in total. The van der Waals surface area contributed by atoms with Gasteiger partial charge in [0.05, 0.1) is 6.04 Å². The van der Waals surface area contributed by atoms with Crippen molar-refractivity contribution in [1.29, 1.82) is 0 Å². The first kappa shape index (κ1) is 17.0. The molecule has 0 aromatic heterocycles. The van der Waals surface area contributed by atoms with Crippen LogP contribution in [0.1, 0.15) is 38.7 Å². The second-order valence-electron chi connectivity index (χ2n) is 7.20. The van der Waals surface area contributed by atoms with E-state index in [1.807, 2.05) is 24.0 Å². The van der Waals surface area contributed by atoms with E-state index in [4.69, 9.17) is 0 Å². The summed E-state index contributed by atoms with van der Waals surface area (Å²) < 4.78 is 0. The maximum atomic E-state index is 12.7. The number of aromatic hydroxyl groups is 1. The molecule has 1 fully saturated rings. The Bertz CT molecular complexity index is 601. The topological polar surface area (TPSA) is 43.8 Å². The Balaban J connectivity index is 1.59. The fourth-order valence-electron chi connectivity index (χ4n) is 3.62. The standard InChI is InChI=1S/C20H28N2O2/c1-15-7-11-22(12-8-15)20(24)16(2)21-13-9-18(10-14-21)17-3-5-19(23)6-4-17/h3-6,9,15-16,23H,7-8,10-14H2,1-2H3. The van der Waals surface area contributed by atoms with Gasteiger partial charge < -0.3 is 10.0 Å². The Morgan fingerprint density at radius 3 is 2.42 bits per heavy atom. The Morgan fingerprint density at radius 2 is 1.83 bits per heavy atom. The van der Waals surface area contributed by atoms with Crippen molar-refractivity contribution in [2.24, 2.45) is 5.92 Å². The average molecular weight is 328 g/mol. The summed E-state index contributed by atoms with van der Waals surface area (Å²) in [5, 5.41) is 9.40. The number of likely N-dealkylation sites (tertiary alicyclic amines) is 1. The van der Waals surface area contributed by atoms with Crippen LogP contribution < -0.4 is 0 Å². The molecule has 2 aliphatic heterocycles. The summed E-state index contributed by atoms with van der Waals surface area (Å²) in [6, 6.07) is 7.33. The zero-order chi connectivity index (χ0) is 17.1. The Morgan fingerprint density at radius 1 is 1.17 bits per heavy atom. The zero-order valence-electron chi connectivity index (χ0n) is 14.7. The molecule has 24 heavy (non-hydrogen) atoms.